The van der Waals surface area contributed by atoms with E-state index in [1.165, 1.54) is 0 Å². The zero-order chi connectivity index (χ0) is 17.6. The molecule has 1 aromatic rings. The quantitative estimate of drug-likeness (QED) is 0.857. The van der Waals surface area contributed by atoms with Crippen LogP contribution in [0.3, 0.4) is 0 Å². The van der Waals surface area contributed by atoms with Crippen molar-refractivity contribution in [1.29, 1.82) is 0 Å². The van der Waals surface area contributed by atoms with Gasteiger partial charge in [0, 0.05) is 42.5 Å². The highest BCUT2D eigenvalue weighted by atomic mass is 16.7. The fourth-order valence-electron chi connectivity index (χ4n) is 3.05. The first-order valence-electron chi connectivity index (χ1n) is 8.73. The van der Waals surface area contributed by atoms with Crippen LogP contribution < -0.4 is 0 Å². The van der Waals surface area contributed by atoms with E-state index in [1.807, 2.05) is 11.0 Å². The van der Waals surface area contributed by atoms with Gasteiger partial charge < -0.3 is 14.4 Å². The van der Waals surface area contributed by atoms with Crippen LogP contribution in [0.1, 0.15) is 63.6 Å². The average molecular weight is 335 g/mol. The molecule has 24 heavy (non-hydrogen) atoms. The Bertz CT molecular complexity index is 595. The molecule has 2 aliphatic heterocycles. The summed E-state index contributed by atoms with van der Waals surface area (Å²) in [7, 11) is 0. The number of piperidine rings is 1. The maximum absolute atomic E-state index is 12.7. The lowest BCUT2D eigenvalue weighted by Crippen LogP contribution is -2.54. The first-order chi connectivity index (χ1) is 11.1. The summed E-state index contributed by atoms with van der Waals surface area (Å²) in [5.41, 5.74) is 1.48. The number of hydrogen-bond acceptors (Lipinski definition) is 4. The van der Waals surface area contributed by atoms with E-state index in [0.717, 1.165) is 5.69 Å². The molecule has 2 saturated heterocycles. The number of amides is 1. The number of aromatic amines is 1. The van der Waals surface area contributed by atoms with Crippen molar-refractivity contribution in [2.75, 3.05) is 26.3 Å². The SMILES string of the molecule is CC1(C)COC2(CCN(C(=O)c3cc(C(C)(C)C)[nH]n3)CC2)OC1. The molecule has 0 aromatic carbocycles. The molecule has 0 saturated carbocycles. The standard InChI is InChI=1S/C18H29N3O3/c1-16(2,3)14-10-13(19-20-14)15(22)21-8-6-18(7-9-21)23-11-17(4,5)12-24-18/h10H,6-9,11-12H2,1-5H3,(H,19,20). The Labute approximate surface area is 143 Å². The third kappa shape index (κ3) is 3.49. The van der Waals surface area contributed by atoms with Crippen molar-refractivity contribution in [3.63, 3.8) is 0 Å². The predicted octanol–water partition coefficient (Wildman–Crippen LogP) is 2.71. The van der Waals surface area contributed by atoms with Gasteiger partial charge in [-0.3, -0.25) is 9.89 Å². The largest absolute Gasteiger partial charge is 0.349 e. The van der Waals surface area contributed by atoms with Crippen LogP contribution in [0.25, 0.3) is 0 Å². The van der Waals surface area contributed by atoms with Crippen LogP contribution in [0.2, 0.25) is 0 Å². The van der Waals surface area contributed by atoms with Gasteiger partial charge in [0.1, 0.15) is 5.69 Å². The van der Waals surface area contributed by atoms with Gasteiger partial charge in [0.2, 0.25) is 0 Å². The van der Waals surface area contributed by atoms with E-state index >= 15 is 0 Å². The van der Waals surface area contributed by atoms with E-state index in [-0.39, 0.29) is 16.7 Å². The van der Waals surface area contributed by atoms with Gasteiger partial charge in [0.05, 0.1) is 13.2 Å². The lowest BCUT2D eigenvalue weighted by Gasteiger charge is -2.47. The molecule has 0 aliphatic carbocycles. The monoisotopic (exact) mass is 335 g/mol. The molecule has 2 aliphatic rings. The van der Waals surface area contributed by atoms with Crippen LogP contribution in [0.15, 0.2) is 6.07 Å². The molecule has 1 amide bonds. The third-order valence-electron chi connectivity index (χ3n) is 4.87. The van der Waals surface area contributed by atoms with Gasteiger partial charge in [0.15, 0.2) is 5.79 Å². The number of nitrogens with one attached hydrogen (secondary N) is 1. The molecule has 0 unspecified atom stereocenters. The summed E-state index contributed by atoms with van der Waals surface area (Å²) in [5.74, 6) is -0.526. The molecule has 0 radical (unpaired) electrons. The number of carbonyl (C=O) groups excluding carboxylic acids is 1. The number of nitrogens with zero attached hydrogens (tertiary/aromatic N) is 2. The Balaban J connectivity index is 1.61. The number of hydrogen-bond donors (Lipinski definition) is 1. The molecular weight excluding hydrogens is 306 g/mol. The van der Waals surface area contributed by atoms with E-state index in [0.29, 0.717) is 44.8 Å². The summed E-state index contributed by atoms with van der Waals surface area (Å²) in [6, 6.07) is 1.86. The zero-order valence-electron chi connectivity index (χ0n) is 15.4. The van der Waals surface area contributed by atoms with Crippen molar-refractivity contribution >= 4 is 5.91 Å². The Morgan fingerprint density at radius 1 is 1.21 bits per heavy atom. The van der Waals surface area contributed by atoms with Gasteiger partial charge in [-0.05, 0) is 6.07 Å². The number of likely N-dealkylation sites (tertiary alicyclic amines) is 1. The van der Waals surface area contributed by atoms with E-state index < -0.39 is 5.79 Å². The number of H-pyrrole nitrogens is 1. The highest BCUT2D eigenvalue weighted by Crippen LogP contribution is 2.36. The summed E-state index contributed by atoms with van der Waals surface area (Å²) in [6.45, 7) is 13.3. The van der Waals surface area contributed by atoms with E-state index in [4.69, 9.17) is 9.47 Å². The predicted molar refractivity (Wildman–Crippen MR) is 90.8 cm³/mol. The molecule has 1 aromatic heterocycles. The van der Waals surface area contributed by atoms with E-state index in [2.05, 4.69) is 44.8 Å². The summed E-state index contributed by atoms with van der Waals surface area (Å²) in [6.07, 6.45) is 1.43. The molecule has 2 fully saturated rings. The van der Waals surface area contributed by atoms with Crippen molar-refractivity contribution in [3.05, 3.63) is 17.5 Å². The number of aromatic nitrogens is 2. The highest BCUT2D eigenvalue weighted by Gasteiger charge is 2.43. The van der Waals surface area contributed by atoms with Crippen LogP contribution in [0, 0.1) is 5.41 Å². The van der Waals surface area contributed by atoms with Gasteiger partial charge >= 0.3 is 0 Å². The van der Waals surface area contributed by atoms with Gasteiger partial charge in [-0.15, -0.1) is 0 Å². The van der Waals surface area contributed by atoms with Crippen LogP contribution in [-0.2, 0) is 14.9 Å². The Kier molecular flexibility index (Phi) is 4.24. The minimum absolute atomic E-state index is 0.0206. The molecule has 3 rings (SSSR count). The first kappa shape index (κ1) is 17.4. The van der Waals surface area contributed by atoms with Crippen LogP contribution in [-0.4, -0.2) is 53.1 Å². The first-order valence-corrected chi connectivity index (χ1v) is 8.73. The maximum atomic E-state index is 12.7. The molecule has 0 bridgehead atoms. The molecule has 0 atom stereocenters. The second kappa shape index (κ2) is 5.85. The molecule has 6 heteroatoms. The zero-order valence-corrected chi connectivity index (χ0v) is 15.4. The lowest BCUT2D eigenvalue weighted by molar-refractivity contribution is -0.311. The smallest absolute Gasteiger partial charge is 0.274 e. The van der Waals surface area contributed by atoms with Gasteiger partial charge in [-0.25, -0.2) is 0 Å². The van der Waals surface area contributed by atoms with Gasteiger partial charge in [-0.1, -0.05) is 34.6 Å². The second-order valence-corrected chi connectivity index (χ2v) is 8.86. The Morgan fingerprint density at radius 2 is 1.79 bits per heavy atom. The van der Waals surface area contributed by atoms with Crippen molar-refractivity contribution in [2.24, 2.45) is 5.41 Å². The number of ether oxygens (including phenoxy) is 2. The molecule has 1 N–H and O–H groups in total. The van der Waals surface area contributed by atoms with Crippen molar-refractivity contribution < 1.29 is 14.3 Å². The summed E-state index contributed by atoms with van der Waals surface area (Å²) < 4.78 is 12.0. The Hall–Kier alpha value is -1.40. The normalized spacial score (nSPS) is 23.5. The maximum Gasteiger partial charge on any atom is 0.274 e. The number of carbonyl (C=O) groups is 1. The topological polar surface area (TPSA) is 67.5 Å². The van der Waals surface area contributed by atoms with Gasteiger partial charge in [-0.2, -0.15) is 5.10 Å². The minimum Gasteiger partial charge on any atom is -0.349 e. The Morgan fingerprint density at radius 3 is 2.29 bits per heavy atom. The summed E-state index contributed by atoms with van der Waals surface area (Å²) in [5, 5.41) is 7.19. The van der Waals surface area contributed by atoms with Crippen LogP contribution in [0.4, 0.5) is 0 Å². The van der Waals surface area contributed by atoms with Crippen molar-refractivity contribution in [1.82, 2.24) is 15.1 Å². The molecule has 1 spiro atoms. The number of rotatable bonds is 1. The van der Waals surface area contributed by atoms with Crippen LogP contribution >= 0.6 is 0 Å². The third-order valence-corrected chi connectivity index (χ3v) is 4.87. The average Bonchev–Trinajstić information content (AvgIpc) is 3.01. The van der Waals surface area contributed by atoms with Crippen molar-refractivity contribution in [3.8, 4) is 0 Å². The molecular formula is C18H29N3O3. The minimum atomic E-state index is -0.506. The van der Waals surface area contributed by atoms with Crippen LogP contribution in [0.5, 0.6) is 0 Å². The fourth-order valence-corrected chi connectivity index (χ4v) is 3.05. The molecule has 134 valence electrons. The van der Waals surface area contributed by atoms with Crippen molar-refractivity contribution in [2.45, 2.75) is 58.7 Å². The van der Waals surface area contributed by atoms with Gasteiger partial charge in [0.25, 0.3) is 5.91 Å². The molecule has 6 nitrogen and oxygen atoms in total. The lowest BCUT2D eigenvalue weighted by atomic mass is 9.92. The van der Waals surface area contributed by atoms with E-state index in [9.17, 15) is 4.79 Å². The summed E-state index contributed by atoms with van der Waals surface area (Å²) >= 11 is 0. The fraction of sp³-hybridized carbons (Fsp3) is 0.778. The second-order valence-electron chi connectivity index (χ2n) is 8.86. The van der Waals surface area contributed by atoms with E-state index in [1.54, 1.807) is 0 Å². The highest BCUT2D eigenvalue weighted by molar-refractivity contribution is 5.92. The summed E-state index contributed by atoms with van der Waals surface area (Å²) in [4.78, 5) is 14.5. The molecule has 3 heterocycles.